The number of benzene rings is 1. The molecule has 0 saturated carbocycles. The fourth-order valence-corrected chi connectivity index (χ4v) is 1.79. The van der Waals surface area contributed by atoms with Gasteiger partial charge < -0.3 is 10.6 Å². The summed E-state index contributed by atoms with van der Waals surface area (Å²) < 4.78 is 0. The third-order valence-electron chi connectivity index (χ3n) is 2.64. The number of hydrogen-bond donors (Lipinski definition) is 2. The highest BCUT2D eigenvalue weighted by Gasteiger charge is 2.04. The molecule has 1 heterocycles. The lowest BCUT2D eigenvalue weighted by atomic mass is 10.1. The van der Waals surface area contributed by atoms with Gasteiger partial charge in [0.25, 0.3) is 0 Å². The first kappa shape index (κ1) is 12.8. The van der Waals surface area contributed by atoms with Crippen LogP contribution in [0.3, 0.4) is 0 Å². The number of rotatable bonds is 4. The van der Waals surface area contributed by atoms with Crippen molar-refractivity contribution in [3.63, 3.8) is 0 Å². The second kappa shape index (κ2) is 5.83. The number of pyridine rings is 1. The fourth-order valence-electron chi connectivity index (χ4n) is 1.79. The first-order valence-electron chi connectivity index (χ1n) is 5.99. The molecule has 0 spiro atoms. The minimum atomic E-state index is -0.0639. The molecule has 2 aromatic rings. The van der Waals surface area contributed by atoms with Gasteiger partial charge in [-0.25, -0.2) is 4.98 Å². The van der Waals surface area contributed by atoms with E-state index in [1.165, 1.54) is 6.92 Å². The van der Waals surface area contributed by atoms with Crippen LogP contribution >= 0.6 is 0 Å². The van der Waals surface area contributed by atoms with Crippen LogP contribution < -0.4 is 10.6 Å². The van der Waals surface area contributed by atoms with Crippen molar-refractivity contribution in [3.05, 3.63) is 35.9 Å². The Morgan fingerprint density at radius 3 is 2.89 bits per heavy atom. The highest BCUT2D eigenvalue weighted by Crippen LogP contribution is 2.19. The summed E-state index contributed by atoms with van der Waals surface area (Å²) >= 11 is 0. The second-order valence-corrected chi connectivity index (χ2v) is 4.09. The molecule has 5 nitrogen and oxygen atoms in total. The minimum absolute atomic E-state index is 0.0639. The maximum absolute atomic E-state index is 10.7. The van der Waals surface area contributed by atoms with Gasteiger partial charge in [0.1, 0.15) is 5.82 Å². The van der Waals surface area contributed by atoms with E-state index in [1.54, 1.807) is 6.07 Å². The Balaban J connectivity index is 2.16. The number of hydrogen-bond acceptors (Lipinski definition) is 4. The molecule has 0 saturated heterocycles. The number of nitrogens with zero attached hydrogens (tertiary/aromatic N) is 2. The standard InChI is InChI=1S/C14H14N4O/c1-10(19)16-6-7-17-14-8-11(9-15)12-4-2-3-5-13(12)18-14/h2-5,8H,6-7H2,1H3,(H,16,19)(H,17,18). The molecule has 0 unspecified atom stereocenters. The Hall–Kier alpha value is -2.61. The van der Waals surface area contributed by atoms with Crippen LogP contribution in [-0.4, -0.2) is 24.0 Å². The SMILES string of the molecule is CC(=O)NCCNc1cc(C#N)c2ccccc2n1. The van der Waals surface area contributed by atoms with Gasteiger partial charge >= 0.3 is 0 Å². The van der Waals surface area contributed by atoms with Crippen LogP contribution in [0.15, 0.2) is 30.3 Å². The molecule has 1 aromatic heterocycles. The monoisotopic (exact) mass is 254 g/mol. The lowest BCUT2D eigenvalue weighted by Crippen LogP contribution is -2.26. The van der Waals surface area contributed by atoms with Crippen molar-refractivity contribution in [3.8, 4) is 6.07 Å². The normalized spacial score (nSPS) is 9.89. The molecular formula is C14H14N4O. The fraction of sp³-hybridized carbons (Fsp3) is 0.214. The predicted octanol–water partition coefficient (Wildman–Crippen LogP) is 1.65. The van der Waals surface area contributed by atoms with E-state index in [1.807, 2.05) is 24.3 Å². The van der Waals surface area contributed by atoms with Gasteiger partial charge in [-0.2, -0.15) is 5.26 Å². The molecule has 2 rings (SSSR count). The predicted molar refractivity (Wildman–Crippen MR) is 73.6 cm³/mol. The summed E-state index contributed by atoms with van der Waals surface area (Å²) in [6.07, 6.45) is 0. The van der Waals surface area contributed by atoms with Gasteiger partial charge in [0, 0.05) is 25.4 Å². The summed E-state index contributed by atoms with van der Waals surface area (Å²) in [5.74, 6) is 0.576. The maximum Gasteiger partial charge on any atom is 0.216 e. The summed E-state index contributed by atoms with van der Waals surface area (Å²) in [4.78, 5) is 15.2. The van der Waals surface area contributed by atoms with E-state index >= 15 is 0 Å². The molecule has 0 atom stereocenters. The van der Waals surface area contributed by atoms with Gasteiger partial charge in [-0.1, -0.05) is 18.2 Å². The second-order valence-electron chi connectivity index (χ2n) is 4.09. The van der Waals surface area contributed by atoms with Gasteiger partial charge in [-0.3, -0.25) is 4.79 Å². The summed E-state index contributed by atoms with van der Waals surface area (Å²) in [7, 11) is 0. The molecule has 5 heteroatoms. The van der Waals surface area contributed by atoms with E-state index < -0.39 is 0 Å². The van der Waals surface area contributed by atoms with Gasteiger partial charge in [-0.05, 0) is 12.1 Å². The highest BCUT2D eigenvalue weighted by molar-refractivity contribution is 5.86. The molecule has 19 heavy (non-hydrogen) atoms. The van der Waals surface area contributed by atoms with E-state index in [0.717, 1.165) is 10.9 Å². The number of carbonyl (C=O) groups is 1. The van der Waals surface area contributed by atoms with Crippen LogP contribution in [0.4, 0.5) is 5.82 Å². The summed E-state index contributed by atoms with van der Waals surface area (Å²) in [6, 6.07) is 11.4. The lowest BCUT2D eigenvalue weighted by Gasteiger charge is -2.08. The van der Waals surface area contributed by atoms with Gasteiger partial charge in [0.05, 0.1) is 17.1 Å². The van der Waals surface area contributed by atoms with Crippen molar-refractivity contribution in [2.45, 2.75) is 6.92 Å². The maximum atomic E-state index is 10.7. The van der Waals surface area contributed by atoms with Gasteiger partial charge in [-0.15, -0.1) is 0 Å². The Morgan fingerprint density at radius 2 is 2.16 bits per heavy atom. The van der Waals surface area contributed by atoms with Gasteiger partial charge in [0.2, 0.25) is 5.91 Å². The first-order valence-corrected chi connectivity index (χ1v) is 5.99. The summed E-state index contributed by atoms with van der Waals surface area (Å²) in [5.41, 5.74) is 1.37. The molecule has 1 aromatic carbocycles. The third kappa shape index (κ3) is 3.19. The third-order valence-corrected chi connectivity index (χ3v) is 2.64. The zero-order valence-corrected chi connectivity index (χ0v) is 10.6. The minimum Gasteiger partial charge on any atom is -0.368 e. The van der Waals surface area contributed by atoms with E-state index in [-0.39, 0.29) is 5.91 Å². The van der Waals surface area contributed by atoms with E-state index in [9.17, 15) is 4.79 Å². The van der Waals surface area contributed by atoms with Crippen LogP contribution in [-0.2, 0) is 4.79 Å². The van der Waals surface area contributed by atoms with Crippen molar-refractivity contribution >= 4 is 22.6 Å². The van der Waals surface area contributed by atoms with Crippen molar-refractivity contribution < 1.29 is 4.79 Å². The van der Waals surface area contributed by atoms with Crippen molar-refractivity contribution in [1.29, 1.82) is 5.26 Å². The molecule has 0 aliphatic carbocycles. The molecule has 0 radical (unpaired) electrons. The quantitative estimate of drug-likeness (QED) is 0.813. The topological polar surface area (TPSA) is 77.8 Å². The number of nitriles is 1. The average Bonchev–Trinajstić information content (AvgIpc) is 2.42. The summed E-state index contributed by atoms with van der Waals surface area (Å²) in [6.45, 7) is 2.56. The van der Waals surface area contributed by atoms with E-state index in [4.69, 9.17) is 5.26 Å². The smallest absolute Gasteiger partial charge is 0.216 e. The molecule has 0 aliphatic rings. The van der Waals surface area contributed by atoms with E-state index in [2.05, 4.69) is 21.7 Å². The molecule has 0 aliphatic heterocycles. The number of nitrogens with one attached hydrogen (secondary N) is 2. The highest BCUT2D eigenvalue weighted by atomic mass is 16.1. The molecule has 0 fully saturated rings. The van der Waals surface area contributed by atoms with Crippen molar-refractivity contribution in [2.24, 2.45) is 0 Å². The van der Waals surface area contributed by atoms with Crippen LogP contribution in [0, 0.1) is 11.3 Å². The lowest BCUT2D eigenvalue weighted by molar-refractivity contribution is -0.118. The number of anilines is 1. The number of fused-ring (bicyclic) bond motifs is 1. The van der Waals surface area contributed by atoms with Crippen LogP contribution in [0.1, 0.15) is 12.5 Å². The molecule has 96 valence electrons. The number of para-hydroxylation sites is 1. The number of carbonyl (C=O) groups excluding carboxylic acids is 1. The van der Waals surface area contributed by atoms with Crippen molar-refractivity contribution in [2.75, 3.05) is 18.4 Å². The van der Waals surface area contributed by atoms with Crippen molar-refractivity contribution in [1.82, 2.24) is 10.3 Å². The Morgan fingerprint density at radius 1 is 1.37 bits per heavy atom. The Kier molecular flexibility index (Phi) is 3.94. The van der Waals surface area contributed by atoms with Crippen LogP contribution in [0.5, 0.6) is 0 Å². The molecule has 2 N–H and O–H groups in total. The zero-order chi connectivity index (χ0) is 13.7. The number of amides is 1. The first-order chi connectivity index (χ1) is 9.20. The zero-order valence-electron chi connectivity index (χ0n) is 10.6. The molecule has 1 amide bonds. The summed E-state index contributed by atoms with van der Waals surface area (Å²) in [5, 5.41) is 15.8. The van der Waals surface area contributed by atoms with E-state index in [0.29, 0.717) is 24.5 Å². The molecular weight excluding hydrogens is 240 g/mol. The van der Waals surface area contributed by atoms with Crippen LogP contribution in [0.25, 0.3) is 10.9 Å². The number of aromatic nitrogens is 1. The average molecular weight is 254 g/mol. The Bertz CT molecular complexity index is 645. The van der Waals surface area contributed by atoms with Gasteiger partial charge in [0.15, 0.2) is 0 Å². The Labute approximate surface area is 111 Å². The van der Waals surface area contributed by atoms with Crippen LogP contribution in [0.2, 0.25) is 0 Å². The molecule has 0 bridgehead atoms. The largest absolute Gasteiger partial charge is 0.368 e.